The van der Waals surface area contributed by atoms with Gasteiger partial charge in [-0.15, -0.1) is 0 Å². The van der Waals surface area contributed by atoms with Crippen molar-refractivity contribution in [1.82, 2.24) is 5.32 Å². The zero-order valence-electron chi connectivity index (χ0n) is 35.7. The highest BCUT2D eigenvalue weighted by atomic mass is 16.3. The standard InChI is InChI=1S/C48H93NO4/c1-3-5-7-9-11-13-15-17-18-19-20-21-22-23-24-25-26-27-28-29-30-31-33-35-37-39-41-43-47(52)49-45(44-50)48(53)46(51)42-40-38-36-34-32-16-14-12-10-8-6-4-2/h20-21,23-24,45-46,48,50-51,53H,3-19,22,25-44H2,1-2H3,(H,49,52)/b21-20-,24-23-. The number of hydrogen-bond acceptors (Lipinski definition) is 4. The van der Waals surface area contributed by atoms with Gasteiger partial charge in [-0.25, -0.2) is 0 Å². The second-order valence-corrected chi connectivity index (χ2v) is 16.3. The number of carbonyl (C=O) groups is 1. The Morgan fingerprint density at radius 2 is 0.811 bits per heavy atom. The van der Waals surface area contributed by atoms with E-state index in [1.54, 1.807) is 0 Å². The van der Waals surface area contributed by atoms with Crippen LogP contribution < -0.4 is 5.32 Å². The summed E-state index contributed by atoms with van der Waals surface area (Å²) in [7, 11) is 0. The van der Waals surface area contributed by atoms with Gasteiger partial charge in [0, 0.05) is 6.42 Å². The van der Waals surface area contributed by atoms with E-state index in [1.165, 1.54) is 180 Å². The minimum absolute atomic E-state index is 0.146. The number of aliphatic hydroxyl groups is 3. The molecule has 5 heteroatoms. The molecule has 3 atom stereocenters. The molecule has 0 aromatic rings. The molecule has 0 aliphatic rings. The molecule has 0 aromatic heterocycles. The van der Waals surface area contributed by atoms with E-state index in [-0.39, 0.29) is 12.5 Å². The summed E-state index contributed by atoms with van der Waals surface area (Å²) in [6, 6.07) is -0.808. The fraction of sp³-hybridized carbons (Fsp3) is 0.896. The summed E-state index contributed by atoms with van der Waals surface area (Å²) in [5, 5.41) is 33.5. The van der Waals surface area contributed by atoms with Crippen molar-refractivity contribution in [3.05, 3.63) is 24.3 Å². The number of hydrogen-bond donors (Lipinski definition) is 4. The zero-order valence-corrected chi connectivity index (χ0v) is 35.7. The number of unbranched alkanes of at least 4 members (excludes halogenated alkanes) is 31. The highest BCUT2D eigenvalue weighted by Gasteiger charge is 2.26. The Bertz CT molecular complexity index is 784. The van der Waals surface area contributed by atoms with Crippen molar-refractivity contribution in [2.45, 2.75) is 270 Å². The molecule has 0 heterocycles. The fourth-order valence-electron chi connectivity index (χ4n) is 7.37. The molecule has 314 valence electrons. The first-order valence-corrected chi connectivity index (χ1v) is 23.6. The van der Waals surface area contributed by atoms with Crippen molar-refractivity contribution in [1.29, 1.82) is 0 Å². The van der Waals surface area contributed by atoms with Gasteiger partial charge >= 0.3 is 0 Å². The summed E-state index contributed by atoms with van der Waals surface area (Å²) in [6.45, 7) is 4.18. The summed E-state index contributed by atoms with van der Waals surface area (Å²) in [4.78, 5) is 12.4. The molecule has 0 spiro atoms. The van der Waals surface area contributed by atoms with E-state index < -0.39 is 18.2 Å². The van der Waals surface area contributed by atoms with Crippen LogP contribution in [0.1, 0.15) is 251 Å². The van der Waals surface area contributed by atoms with Crippen LogP contribution in [0.2, 0.25) is 0 Å². The molecule has 3 unspecified atom stereocenters. The molecule has 0 aromatic carbocycles. The van der Waals surface area contributed by atoms with E-state index in [0.717, 1.165) is 44.9 Å². The van der Waals surface area contributed by atoms with Gasteiger partial charge in [-0.3, -0.25) is 4.79 Å². The highest BCUT2D eigenvalue weighted by Crippen LogP contribution is 2.16. The third-order valence-corrected chi connectivity index (χ3v) is 11.1. The van der Waals surface area contributed by atoms with Crippen LogP contribution in [0.5, 0.6) is 0 Å². The van der Waals surface area contributed by atoms with Crippen molar-refractivity contribution in [3.63, 3.8) is 0 Å². The predicted molar refractivity (Wildman–Crippen MR) is 231 cm³/mol. The minimum Gasteiger partial charge on any atom is -0.394 e. The summed E-state index contributed by atoms with van der Waals surface area (Å²) in [5.41, 5.74) is 0. The minimum atomic E-state index is -1.13. The summed E-state index contributed by atoms with van der Waals surface area (Å²) in [6.07, 6.45) is 53.0. The molecule has 53 heavy (non-hydrogen) atoms. The van der Waals surface area contributed by atoms with Gasteiger partial charge in [-0.2, -0.15) is 0 Å². The number of aliphatic hydroxyl groups excluding tert-OH is 3. The number of carbonyl (C=O) groups excluding carboxylic acids is 1. The second kappa shape index (κ2) is 43.6. The van der Waals surface area contributed by atoms with Crippen molar-refractivity contribution < 1.29 is 20.1 Å². The van der Waals surface area contributed by atoms with E-state index in [9.17, 15) is 20.1 Å². The summed E-state index contributed by atoms with van der Waals surface area (Å²) >= 11 is 0. The Balaban J connectivity index is 3.56. The molecule has 0 saturated carbocycles. The summed E-state index contributed by atoms with van der Waals surface area (Å²) in [5.74, 6) is -0.146. The number of allylic oxidation sites excluding steroid dienone is 4. The lowest BCUT2D eigenvalue weighted by Gasteiger charge is -2.26. The van der Waals surface area contributed by atoms with Crippen LogP contribution in [0.3, 0.4) is 0 Å². The molecule has 1 amide bonds. The Kier molecular flexibility index (Phi) is 42.6. The molecule has 4 N–H and O–H groups in total. The maximum Gasteiger partial charge on any atom is 0.220 e. The van der Waals surface area contributed by atoms with Crippen LogP contribution in [0.25, 0.3) is 0 Å². The predicted octanol–water partition coefficient (Wildman–Crippen LogP) is 13.8. The first kappa shape index (κ1) is 51.8. The topological polar surface area (TPSA) is 89.8 Å². The van der Waals surface area contributed by atoms with Crippen molar-refractivity contribution in [3.8, 4) is 0 Å². The normalized spacial score (nSPS) is 13.7. The average molecular weight is 748 g/mol. The SMILES string of the molecule is CCCCCCCCCCC/C=C\C/C=C\CCCCCCCCCCCCCC(=O)NC(CO)C(O)C(O)CCCCCCCCCCCCCC. The van der Waals surface area contributed by atoms with E-state index in [4.69, 9.17) is 0 Å². The van der Waals surface area contributed by atoms with Crippen LogP contribution in [0.15, 0.2) is 24.3 Å². The van der Waals surface area contributed by atoms with Gasteiger partial charge in [0.1, 0.15) is 6.10 Å². The molecule has 0 aliphatic heterocycles. The smallest absolute Gasteiger partial charge is 0.220 e. The van der Waals surface area contributed by atoms with Crippen LogP contribution >= 0.6 is 0 Å². The summed E-state index contributed by atoms with van der Waals surface area (Å²) < 4.78 is 0. The van der Waals surface area contributed by atoms with Crippen LogP contribution in [0.4, 0.5) is 0 Å². The number of nitrogens with one attached hydrogen (secondary N) is 1. The molecule has 0 fully saturated rings. The van der Waals surface area contributed by atoms with Gasteiger partial charge in [0.2, 0.25) is 5.91 Å². The molecule has 0 aliphatic carbocycles. The van der Waals surface area contributed by atoms with Crippen LogP contribution in [-0.4, -0.2) is 46.1 Å². The molecule has 5 nitrogen and oxygen atoms in total. The fourth-order valence-corrected chi connectivity index (χ4v) is 7.37. The van der Waals surface area contributed by atoms with Gasteiger partial charge in [-0.1, -0.05) is 224 Å². The van der Waals surface area contributed by atoms with E-state index >= 15 is 0 Å². The van der Waals surface area contributed by atoms with Crippen LogP contribution in [0, 0.1) is 0 Å². The monoisotopic (exact) mass is 748 g/mol. The molecule has 0 radical (unpaired) electrons. The maximum absolute atomic E-state index is 12.4. The largest absolute Gasteiger partial charge is 0.394 e. The van der Waals surface area contributed by atoms with Gasteiger partial charge in [0.15, 0.2) is 0 Å². The third kappa shape index (κ3) is 38.9. The Morgan fingerprint density at radius 3 is 1.19 bits per heavy atom. The Hall–Kier alpha value is -1.17. The lowest BCUT2D eigenvalue weighted by Crippen LogP contribution is -2.50. The van der Waals surface area contributed by atoms with Crippen molar-refractivity contribution >= 4 is 5.91 Å². The maximum atomic E-state index is 12.4. The van der Waals surface area contributed by atoms with Crippen molar-refractivity contribution in [2.24, 2.45) is 0 Å². The Morgan fingerprint density at radius 1 is 0.472 bits per heavy atom. The van der Waals surface area contributed by atoms with Gasteiger partial charge < -0.3 is 20.6 Å². The first-order chi connectivity index (χ1) is 26.1. The van der Waals surface area contributed by atoms with E-state index in [0.29, 0.717) is 12.8 Å². The lowest BCUT2D eigenvalue weighted by atomic mass is 9.99. The second-order valence-electron chi connectivity index (χ2n) is 16.3. The van der Waals surface area contributed by atoms with Gasteiger partial charge in [0.05, 0.1) is 18.8 Å². The molecule has 0 rings (SSSR count). The average Bonchev–Trinajstić information content (AvgIpc) is 3.16. The molecule has 0 bridgehead atoms. The van der Waals surface area contributed by atoms with E-state index in [2.05, 4.69) is 43.5 Å². The highest BCUT2D eigenvalue weighted by molar-refractivity contribution is 5.76. The van der Waals surface area contributed by atoms with Gasteiger partial charge in [0.25, 0.3) is 0 Å². The molecule has 0 saturated heterocycles. The number of rotatable bonds is 43. The Labute approximate surface area is 331 Å². The van der Waals surface area contributed by atoms with Crippen molar-refractivity contribution in [2.75, 3.05) is 6.61 Å². The number of amides is 1. The molecular formula is C48H93NO4. The molecular weight excluding hydrogens is 655 g/mol. The lowest BCUT2D eigenvalue weighted by molar-refractivity contribution is -0.124. The van der Waals surface area contributed by atoms with Gasteiger partial charge in [-0.05, 0) is 44.9 Å². The van der Waals surface area contributed by atoms with E-state index in [1.807, 2.05) is 0 Å². The quantitative estimate of drug-likeness (QED) is 0.0369. The third-order valence-electron chi connectivity index (χ3n) is 11.1. The van der Waals surface area contributed by atoms with Crippen LogP contribution in [-0.2, 0) is 4.79 Å². The zero-order chi connectivity index (χ0) is 38.7. The first-order valence-electron chi connectivity index (χ1n) is 23.6.